The zero-order valence-electron chi connectivity index (χ0n) is 8.90. The second-order valence-electron chi connectivity index (χ2n) is 4.35. The summed E-state index contributed by atoms with van der Waals surface area (Å²) < 4.78 is 1.96. The van der Waals surface area contributed by atoms with E-state index in [9.17, 15) is 5.11 Å². The number of aromatic hydroxyl groups is 1. The van der Waals surface area contributed by atoms with Crippen molar-refractivity contribution in [1.82, 2.24) is 9.55 Å². The molecule has 1 N–H and O–H groups in total. The van der Waals surface area contributed by atoms with E-state index in [4.69, 9.17) is 0 Å². The van der Waals surface area contributed by atoms with Crippen LogP contribution in [-0.4, -0.2) is 14.7 Å². The fourth-order valence-corrected chi connectivity index (χ4v) is 2.52. The number of rotatable bonds is 2. The summed E-state index contributed by atoms with van der Waals surface area (Å²) >= 11 is 0. The molecule has 0 amide bonds. The largest absolute Gasteiger partial charge is 0.492 e. The van der Waals surface area contributed by atoms with Gasteiger partial charge in [-0.15, -0.1) is 0 Å². The third-order valence-electron chi connectivity index (χ3n) is 3.38. The summed E-state index contributed by atoms with van der Waals surface area (Å²) in [5.74, 6) is 2.63. The molecular weight excluding hydrogens is 176 g/mol. The first-order valence-corrected chi connectivity index (χ1v) is 5.43. The quantitative estimate of drug-likeness (QED) is 0.785. The van der Waals surface area contributed by atoms with Gasteiger partial charge in [-0.05, 0) is 25.2 Å². The highest BCUT2D eigenvalue weighted by Gasteiger charge is 2.27. The molecule has 78 valence electrons. The molecule has 0 radical (unpaired) electrons. The van der Waals surface area contributed by atoms with E-state index in [0.29, 0.717) is 5.92 Å². The molecule has 1 aromatic rings. The summed E-state index contributed by atoms with van der Waals surface area (Å²) in [5, 5.41) is 9.29. The van der Waals surface area contributed by atoms with Crippen LogP contribution in [0.15, 0.2) is 6.20 Å². The highest BCUT2D eigenvalue weighted by atomic mass is 16.3. The molecule has 1 heterocycles. The molecule has 2 atom stereocenters. The van der Waals surface area contributed by atoms with Crippen molar-refractivity contribution in [2.75, 3.05) is 0 Å². The van der Waals surface area contributed by atoms with Crippen LogP contribution in [0.25, 0.3) is 0 Å². The van der Waals surface area contributed by atoms with Crippen molar-refractivity contribution in [1.29, 1.82) is 0 Å². The Kier molecular flexibility index (Phi) is 2.48. The third kappa shape index (κ3) is 1.63. The van der Waals surface area contributed by atoms with Crippen LogP contribution in [0.2, 0.25) is 0 Å². The smallest absolute Gasteiger partial charge is 0.229 e. The van der Waals surface area contributed by atoms with E-state index in [1.54, 1.807) is 6.20 Å². The second kappa shape index (κ2) is 3.64. The van der Waals surface area contributed by atoms with E-state index < -0.39 is 0 Å². The number of aromatic nitrogens is 2. The SMILES string of the molecule is CCC1CCC(c2nc(O)cn2C)C1. The lowest BCUT2D eigenvalue weighted by atomic mass is 10.0. The summed E-state index contributed by atoms with van der Waals surface area (Å²) in [6.07, 6.45) is 6.74. The molecule has 3 heteroatoms. The lowest BCUT2D eigenvalue weighted by Gasteiger charge is -2.09. The number of nitrogens with zero attached hydrogens (tertiary/aromatic N) is 2. The van der Waals surface area contributed by atoms with Gasteiger partial charge in [0, 0.05) is 13.0 Å². The highest BCUT2D eigenvalue weighted by Crippen LogP contribution is 2.39. The molecule has 3 nitrogen and oxygen atoms in total. The molecule has 1 aliphatic carbocycles. The maximum absolute atomic E-state index is 9.29. The Morgan fingerprint density at radius 2 is 2.36 bits per heavy atom. The van der Waals surface area contributed by atoms with Gasteiger partial charge in [0.2, 0.25) is 5.88 Å². The minimum atomic E-state index is 0.155. The van der Waals surface area contributed by atoms with E-state index in [0.717, 1.165) is 11.7 Å². The van der Waals surface area contributed by atoms with Crippen LogP contribution in [0.4, 0.5) is 0 Å². The maximum atomic E-state index is 9.29. The average molecular weight is 194 g/mol. The van der Waals surface area contributed by atoms with Gasteiger partial charge >= 0.3 is 0 Å². The van der Waals surface area contributed by atoms with Gasteiger partial charge in [0.1, 0.15) is 5.82 Å². The molecule has 0 spiro atoms. The third-order valence-corrected chi connectivity index (χ3v) is 3.38. The van der Waals surface area contributed by atoms with Crippen LogP contribution >= 0.6 is 0 Å². The minimum absolute atomic E-state index is 0.155. The molecule has 1 aromatic heterocycles. The predicted octanol–water partition coefficient (Wildman–Crippen LogP) is 2.42. The molecule has 0 aliphatic heterocycles. The van der Waals surface area contributed by atoms with Gasteiger partial charge in [-0.2, -0.15) is 4.98 Å². The van der Waals surface area contributed by atoms with Crippen molar-refractivity contribution in [3.63, 3.8) is 0 Å². The van der Waals surface area contributed by atoms with E-state index in [1.165, 1.54) is 25.7 Å². The standard InChI is InChI=1S/C11H18N2O/c1-3-8-4-5-9(6-8)11-12-10(14)7-13(11)2/h7-9,14H,3-6H2,1-2H3. The maximum Gasteiger partial charge on any atom is 0.229 e. The lowest BCUT2D eigenvalue weighted by Crippen LogP contribution is -2.03. The Labute approximate surface area is 84.8 Å². The first-order chi connectivity index (χ1) is 6.70. The molecule has 1 fully saturated rings. The molecule has 2 rings (SSSR count). The van der Waals surface area contributed by atoms with Crippen LogP contribution < -0.4 is 0 Å². The molecule has 14 heavy (non-hydrogen) atoms. The van der Waals surface area contributed by atoms with Crippen molar-refractivity contribution in [3.05, 3.63) is 12.0 Å². The Morgan fingerprint density at radius 3 is 2.86 bits per heavy atom. The van der Waals surface area contributed by atoms with Crippen LogP contribution in [0.1, 0.15) is 44.3 Å². The number of aryl methyl sites for hydroxylation is 1. The Hall–Kier alpha value is -0.990. The van der Waals surface area contributed by atoms with Crippen LogP contribution in [-0.2, 0) is 7.05 Å². The molecule has 2 unspecified atom stereocenters. The first kappa shape index (κ1) is 9.56. The molecule has 1 saturated carbocycles. The van der Waals surface area contributed by atoms with Crippen molar-refractivity contribution < 1.29 is 5.11 Å². The van der Waals surface area contributed by atoms with Gasteiger partial charge in [0.15, 0.2) is 0 Å². The van der Waals surface area contributed by atoms with E-state index in [2.05, 4.69) is 11.9 Å². The van der Waals surface area contributed by atoms with Crippen LogP contribution in [0, 0.1) is 5.92 Å². The number of hydrogen-bond acceptors (Lipinski definition) is 2. The average Bonchev–Trinajstić information content (AvgIpc) is 2.71. The fourth-order valence-electron chi connectivity index (χ4n) is 2.52. The van der Waals surface area contributed by atoms with E-state index in [1.807, 2.05) is 11.6 Å². The monoisotopic (exact) mass is 194 g/mol. The van der Waals surface area contributed by atoms with Crippen molar-refractivity contribution in [2.24, 2.45) is 13.0 Å². The van der Waals surface area contributed by atoms with Gasteiger partial charge < -0.3 is 9.67 Å². The Bertz CT molecular complexity index is 319. The molecule has 0 aromatic carbocycles. The van der Waals surface area contributed by atoms with Gasteiger partial charge in [-0.1, -0.05) is 13.3 Å². The minimum Gasteiger partial charge on any atom is -0.492 e. The normalized spacial score (nSPS) is 27.0. The fraction of sp³-hybridized carbons (Fsp3) is 0.727. The lowest BCUT2D eigenvalue weighted by molar-refractivity contribution is 0.453. The number of imidazole rings is 1. The van der Waals surface area contributed by atoms with Gasteiger partial charge in [0.05, 0.1) is 6.20 Å². The van der Waals surface area contributed by atoms with Gasteiger partial charge in [-0.25, -0.2) is 0 Å². The Balaban J connectivity index is 2.13. The van der Waals surface area contributed by atoms with E-state index in [-0.39, 0.29) is 5.88 Å². The molecular formula is C11H18N2O. The first-order valence-electron chi connectivity index (χ1n) is 5.43. The van der Waals surface area contributed by atoms with Crippen molar-refractivity contribution in [3.8, 4) is 5.88 Å². The summed E-state index contributed by atoms with van der Waals surface area (Å²) in [6, 6.07) is 0. The Morgan fingerprint density at radius 1 is 1.57 bits per heavy atom. The molecule has 1 aliphatic rings. The zero-order valence-corrected chi connectivity index (χ0v) is 8.90. The number of hydrogen-bond donors (Lipinski definition) is 1. The van der Waals surface area contributed by atoms with Gasteiger partial charge in [-0.3, -0.25) is 0 Å². The highest BCUT2D eigenvalue weighted by molar-refractivity contribution is 5.12. The van der Waals surface area contributed by atoms with Crippen molar-refractivity contribution in [2.45, 2.75) is 38.5 Å². The van der Waals surface area contributed by atoms with E-state index >= 15 is 0 Å². The summed E-state index contributed by atoms with van der Waals surface area (Å²) in [7, 11) is 1.96. The molecule has 0 bridgehead atoms. The summed E-state index contributed by atoms with van der Waals surface area (Å²) in [6.45, 7) is 2.25. The summed E-state index contributed by atoms with van der Waals surface area (Å²) in [5.41, 5.74) is 0. The van der Waals surface area contributed by atoms with Gasteiger partial charge in [0.25, 0.3) is 0 Å². The molecule has 0 saturated heterocycles. The van der Waals surface area contributed by atoms with Crippen LogP contribution in [0.3, 0.4) is 0 Å². The predicted molar refractivity (Wildman–Crippen MR) is 55.2 cm³/mol. The second-order valence-corrected chi connectivity index (χ2v) is 4.35. The topological polar surface area (TPSA) is 38.1 Å². The summed E-state index contributed by atoms with van der Waals surface area (Å²) in [4.78, 5) is 4.18. The van der Waals surface area contributed by atoms with Crippen LogP contribution in [0.5, 0.6) is 5.88 Å². The zero-order chi connectivity index (χ0) is 10.1. The van der Waals surface area contributed by atoms with Crippen molar-refractivity contribution >= 4 is 0 Å².